The van der Waals surface area contributed by atoms with Gasteiger partial charge in [-0.15, -0.1) is 0 Å². The summed E-state index contributed by atoms with van der Waals surface area (Å²) in [6.07, 6.45) is 3.27. The van der Waals surface area contributed by atoms with Gasteiger partial charge in [-0.2, -0.15) is 13.4 Å². The zero-order chi connectivity index (χ0) is 27.0. The van der Waals surface area contributed by atoms with E-state index in [0.717, 1.165) is 37.3 Å². The van der Waals surface area contributed by atoms with E-state index in [1.807, 2.05) is 12.1 Å². The van der Waals surface area contributed by atoms with Gasteiger partial charge in [0, 0.05) is 13.1 Å². The number of nitrogens with zero attached hydrogens (tertiary/aromatic N) is 4. The van der Waals surface area contributed by atoms with E-state index < -0.39 is 23.4 Å². The molecule has 0 bridgehead atoms. The van der Waals surface area contributed by atoms with Gasteiger partial charge < -0.3 is 29.0 Å². The molecule has 3 aromatic rings. The van der Waals surface area contributed by atoms with E-state index in [9.17, 15) is 16.9 Å². The number of likely N-dealkylation sites (N-methyl/N-ethyl adjacent to an activating group) is 1. The Kier molecular flexibility index (Phi) is 7.61. The predicted molar refractivity (Wildman–Crippen MR) is 141 cm³/mol. The average molecular weight is 571 g/mol. The smallest absolute Gasteiger partial charge is 0.488 e. The van der Waals surface area contributed by atoms with E-state index >= 15 is 0 Å². The Balaban J connectivity index is 1.66. The van der Waals surface area contributed by atoms with E-state index in [1.54, 1.807) is 7.11 Å². The van der Waals surface area contributed by atoms with Crippen LogP contribution in [0.25, 0.3) is 0 Å². The van der Waals surface area contributed by atoms with Crippen molar-refractivity contribution in [1.82, 2.24) is 19.9 Å². The summed E-state index contributed by atoms with van der Waals surface area (Å²) in [4.78, 5) is 14.9. The standard InChI is InChI=1S/C22H25ClFN6O5PS/c1-30-6-5-13-8-18(34-2)17(7-14(13)12-30)27-22-26-11-16(23)20(29-22)28-21-19(36(3,4)31)9-15(10-25-21)35-37(24,32)33/h7-11H,5-6,12H2,1-4H3,(H2,25,26,27,28,29). The molecule has 0 radical (unpaired) electrons. The van der Waals surface area contributed by atoms with Gasteiger partial charge in [-0.1, -0.05) is 15.5 Å². The molecule has 4 rings (SSSR count). The van der Waals surface area contributed by atoms with Crippen molar-refractivity contribution >= 4 is 57.8 Å². The lowest BCUT2D eigenvalue weighted by Crippen LogP contribution is -2.26. The maximum absolute atomic E-state index is 13.0. The number of rotatable bonds is 8. The molecule has 3 heterocycles. The number of methoxy groups -OCH3 is 1. The molecule has 0 saturated carbocycles. The van der Waals surface area contributed by atoms with Crippen molar-refractivity contribution in [2.75, 3.05) is 44.7 Å². The molecule has 0 aliphatic carbocycles. The van der Waals surface area contributed by atoms with Crippen LogP contribution in [0.4, 0.5) is 27.2 Å². The molecule has 0 spiro atoms. The molecule has 0 amide bonds. The lowest BCUT2D eigenvalue weighted by atomic mass is 9.99. The molecule has 1 aliphatic rings. The van der Waals surface area contributed by atoms with Gasteiger partial charge in [-0.3, -0.25) is 0 Å². The maximum Gasteiger partial charge on any atom is 0.488 e. The molecular weight excluding hydrogens is 546 g/mol. The summed E-state index contributed by atoms with van der Waals surface area (Å²) in [6, 6.07) is 5.13. The summed E-state index contributed by atoms with van der Waals surface area (Å²) in [5.74, 6) is 0.642. The van der Waals surface area contributed by atoms with Crippen LogP contribution in [-0.4, -0.2) is 62.3 Å². The molecule has 15 heteroatoms. The molecule has 198 valence electrons. The first kappa shape index (κ1) is 27.1. The van der Waals surface area contributed by atoms with Crippen molar-refractivity contribution in [3.05, 3.63) is 46.7 Å². The Morgan fingerprint density at radius 1 is 1.11 bits per heavy atom. The van der Waals surface area contributed by atoms with Crippen LogP contribution in [0, 0.1) is 0 Å². The first-order valence-corrected chi connectivity index (χ1v) is 15.3. The second-order valence-electron chi connectivity index (χ2n) is 8.82. The molecule has 2 N–H and O–H groups in total. The van der Waals surface area contributed by atoms with Crippen molar-refractivity contribution in [2.45, 2.75) is 13.0 Å². The van der Waals surface area contributed by atoms with Crippen LogP contribution < -0.4 is 24.9 Å². The first-order chi connectivity index (χ1) is 17.3. The number of nitrogens with one attached hydrogen (secondary N) is 2. The van der Waals surface area contributed by atoms with Gasteiger partial charge in [-0.05, 0) is 56.1 Å². The molecule has 0 fully saturated rings. The third kappa shape index (κ3) is 6.67. The monoisotopic (exact) mass is 570 g/mol. The van der Waals surface area contributed by atoms with Crippen LogP contribution in [0.15, 0.2) is 30.6 Å². The second kappa shape index (κ2) is 10.4. The van der Waals surface area contributed by atoms with Crippen LogP contribution in [0.3, 0.4) is 0 Å². The van der Waals surface area contributed by atoms with Gasteiger partial charge in [0.1, 0.15) is 23.7 Å². The zero-order valence-electron chi connectivity index (χ0n) is 20.4. The third-order valence-corrected chi connectivity index (χ3v) is 7.74. The normalized spacial score (nSPS) is 14.1. The van der Waals surface area contributed by atoms with Crippen LogP contribution in [-0.2, 0) is 28.0 Å². The van der Waals surface area contributed by atoms with Crippen molar-refractivity contribution in [3.63, 3.8) is 0 Å². The minimum absolute atomic E-state index is 0.0814. The highest BCUT2D eigenvalue weighted by Crippen LogP contribution is 2.40. The van der Waals surface area contributed by atoms with E-state index in [4.69, 9.17) is 16.3 Å². The first-order valence-electron chi connectivity index (χ1n) is 11.0. The number of benzene rings is 1. The third-order valence-electron chi connectivity index (χ3n) is 5.57. The molecule has 0 unspecified atom stereocenters. The number of anilines is 4. The molecule has 37 heavy (non-hydrogen) atoms. The summed E-state index contributed by atoms with van der Waals surface area (Å²) in [6.45, 7) is 4.65. The Hall–Kier alpha value is -2.99. The van der Waals surface area contributed by atoms with Gasteiger partial charge in [-0.25, -0.2) is 9.97 Å². The Morgan fingerprint density at radius 2 is 1.86 bits per heavy atom. The fraction of sp³-hybridized carbons (Fsp3) is 0.318. The molecule has 2 aromatic heterocycles. The summed E-state index contributed by atoms with van der Waals surface area (Å²) >= 11 is 6.31. The molecule has 0 saturated heterocycles. The summed E-state index contributed by atoms with van der Waals surface area (Å²) in [7, 11) is -4.68. The molecule has 0 atom stereocenters. The molecule has 1 aliphatic heterocycles. The fourth-order valence-corrected chi connectivity index (χ4v) is 5.37. The quantitative estimate of drug-likeness (QED) is 0.302. The predicted octanol–water partition coefficient (Wildman–Crippen LogP) is 3.85. The summed E-state index contributed by atoms with van der Waals surface area (Å²) < 4.78 is 57.4. The molecule has 11 nitrogen and oxygen atoms in total. The number of hydrogen-bond donors (Lipinski definition) is 2. The lowest BCUT2D eigenvalue weighted by molar-refractivity contribution is 0.312. The van der Waals surface area contributed by atoms with Gasteiger partial charge in [0.25, 0.3) is 0 Å². The number of aromatic nitrogens is 3. The van der Waals surface area contributed by atoms with Crippen molar-refractivity contribution < 1.29 is 25.8 Å². The van der Waals surface area contributed by atoms with Crippen LogP contribution >= 0.6 is 18.7 Å². The van der Waals surface area contributed by atoms with E-state index in [1.165, 1.54) is 25.1 Å². The maximum atomic E-state index is 13.0. The number of halogens is 2. The van der Waals surface area contributed by atoms with Crippen molar-refractivity contribution in [1.29, 1.82) is 0 Å². The van der Waals surface area contributed by atoms with Crippen molar-refractivity contribution in [3.8, 4) is 11.5 Å². The van der Waals surface area contributed by atoms with Crippen LogP contribution in [0.1, 0.15) is 11.1 Å². The van der Waals surface area contributed by atoms with Gasteiger partial charge >= 0.3 is 10.5 Å². The topological polar surface area (TPSA) is 136 Å². The van der Waals surface area contributed by atoms with Crippen LogP contribution in [0.2, 0.25) is 5.02 Å². The highest BCUT2D eigenvalue weighted by molar-refractivity contribution is 7.81. The summed E-state index contributed by atoms with van der Waals surface area (Å²) in [5, 5.41) is 6.31. The number of fused-ring (bicyclic) bond motifs is 1. The largest absolute Gasteiger partial charge is 0.495 e. The molecular formula is C22H25ClFN6O5PS. The SMILES string of the molecule is COc1cc2c(cc1Nc1ncc(Cl)c(Nc3ncc(OS(=O)(=O)F)cc3P(C)(C)=O)n1)CN(C)CC2. The number of pyridine rings is 1. The van der Waals surface area contributed by atoms with E-state index in [0.29, 0.717) is 11.4 Å². The van der Waals surface area contributed by atoms with Crippen molar-refractivity contribution in [2.24, 2.45) is 0 Å². The lowest BCUT2D eigenvalue weighted by Gasteiger charge is -2.26. The zero-order valence-corrected chi connectivity index (χ0v) is 22.9. The minimum Gasteiger partial charge on any atom is -0.495 e. The van der Waals surface area contributed by atoms with E-state index in [2.05, 4.69) is 41.7 Å². The number of ether oxygens (including phenoxy) is 1. The highest BCUT2D eigenvalue weighted by atomic mass is 35.5. The highest BCUT2D eigenvalue weighted by Gasteiger charge is 2.23. The average Bonchev–Trinajstić information content (AvgIpc) is 2.80. The van der Waals surface area contributed by atoms with Gasteiger partial charge in [0.15, 0.2) is 11.6 Å². The Morgan fingerprint density at radius 3 is 2.54 bits per heavy atom. The molecule has 1 aromatic carbocycles. The minimum atomic E-state index is -5.28. The van der Waals surface area contributed by atoms with Gasteiger partial charge in [0.2, 0.25) is 5.95 Å². The Labute approximate surface area is 219 Å². The summed E-state index contributed by atoms with van der Waals surface area (Å²) in [5.41, 5.74) is 3.05. The number of hydrogen-bond acceptors (Lipinski definition) is 11. The fourth-order valence-electron chi connectivity index (χ4n) is 3.84. The Bertz CT molecular complexity index is 1500. The van der Waals surface area contributed by atoms with Crippen LogP contribution in [0.5, 0.6) is 11.5 Å². The van der Waals surface area contributed by atoms with E-state index in [-0.39, 0.29) is 27.9 Å². The second-order valence-corrected chi connectivity index (χ2v) is 13.4. The van der Waals surface area contributed by atoms with Gasteiger partial charge in [0.05, 0.1) is 30.5 Å².